The lowest BCUT2D eigenvalue weighted by atomic mass is 9.93. The Hall–Kier alpha value is -2.37. The van der Waals surface area contributed by atoms with Crippen LogP contribution in [0.5, 0.6) is 0 Å². The number of aliphatic carboxylic acids is 1. The average Bonchev–Trinajstić information content (AvgIpc) is 2.81. The predicted molar refractivity (Wildman–Crippen MR) is 116 cm³/mol. The average molecular weight is 412 g/mol. The SMILES string of the molecule is Cc1cnccc1C(CC(=O)O)Cn1c2c(c3cc(Cl)ccc31)CCN(C)CC2. The van der Waals surface area contributed by atoms with Crippen LogP contribution in [0.15, 0.2) is 36.7 Å². The van der Waals surface area contributed by atoms with Crippen molar-refractivity contribution in [3.05, 3.63) is 64.1 Å². The van der Waals surface area contributed by atoms with Crippen molar-refractivity contribution in [1.82, 2.24) is 14.5 Å². The molecule has 0 bridgehead atoms. The first-order chi connectivity index (χ1) is 13.9. The van der Waals surface area contributed by atoms with Gasteiger partial charge in [0.2, 0.25) is 0 Å². The predicted octanol–water partition coefficient (Wildman–Crippen LogP) is 4.29. The zero-order valence-electron chi connectivity index (χ0n) is 16.9. The molecule has 5 nitrogen and oxygen atoms in total. The first-order valence-electron chi connectivity index (χ1n) is 10.0. The van der Waals surface area contributed by atoms with Gasteiger partial charge in [0, 0.05) is 66.0 Å². The van der Waals surface area contributed by atoms with Crippen LogP contribution >= 0.6 is 11.6 Å². The van der Waals surface area contributed by atoms with E-state index in [1.807, 2.05) is 25.3 Å². The Bertz CT molecular complexity index is 1060. The number of benzene rings is 1. The van der Waals surface area contributed by atoms with Gasteiger partial charge in [-0.15, -0.1) is 0 Å². The molecule has 3 heterocycles. The molecule has 3 aromatic rings. The quantitative estimate of drug-likeness (QED) is 0.680. The third-order valence-corrected chi connectivity index (χ3v) is 6.29. The van der Waals surface area contributed by atoms with Gasteiger partial charge in [0.15, 0.2) is 0 Å². The van der Waals surface area contributed by atoms with Gasteiger partial charge < -0.3 is 14.6 Å². The van der Waals surface area contributed by atoms with Crippen LogP contribution in [0, 0.1) is 6.92 Å². The Labute approximate surface area is 175 Å². The van der Waals surface area contributed by atoms with E-state index >= 15 is 0 Å². The summed E-state index contributed by atoms with van der Waals surface area (Å²) in [5.41, 5.74) is 5.90. The molecule has 0 saturated carbocycles. The fourth-order valence-corrected chi connectivity index (χ4v) is 4.75. The number of carboxylic acids is 1. The molecular weight excluding hydrogens is 386 g/mol. The standard InChI is InChI=1S/C23H26ClN3O2/c1-15-13-25-8-5-18(15)16(11-23(28)29)14-27-21-4-3-17(24)12-20(21)19-6-9-26(2)10-7-22(19)27/h3-5,8,12-13,16H,6-7,9-11,14H2,1-2H3,(H,28,29). The third-order valence-electron chi connectivity index (χ3n) is 6.05. The summed E-state index contributed by atoms with van der Waals surface area (Å²) in [5.74, 6) is -0.900. The molecular formula is C23H26ClN3O2. The van der Waals surface area contributed by atoms with Crippen molar-refractivity contribution in [1.29, 1.82) is 0 Å². The minimum absolute atomic E-state index is 0.0901. The molecule has 1 atom stereocenters. The number of aromatic nitrogens is 2. The van der Waals surface area contributed by atoms with Crippen LogP contribution in [0.1, 0.15) is 34.7 Å². The summed E-state index contributed by atoms with van der Waals surface area (Å²) in [6.07, 6.45) is 5.58. The lowest BCUT2D eigenvalue weighted by Crippen LogP contribution is -2.22. The second kappa shape index (κ2) is 8.17. The zero-order chi connectivity index (χ0) is 20.5. The van der Waals surface area contributed by atoms with Crippen molar-refractivity contribution in [2.24, 2.45) is 0 Å². The van der Waals surface area contributed by atoms with Crippen molar-refractivity contribution in [2.75, 3.05) is 20.1 Å². The van der Waals surface area contributed by atoms with Gasteiger partial charge in [0.25, 0.3) is 0 Å². The maximum absolute atomic E-state index is 11.7. The number of nitrogens with zero attached hydrogens (tertiary/aromatic N) is 3. The van der Waals surface area contributed by atoms with Gasteiger partial charge in [-0.3, -0.25) is 9.78 Å². The Kier molecular flexibility index (Phi) is 5.61. The highest BCUT2D eigenvalue weighted by Crippen LogP contribution is 2.34. The Balaban J connectivity index is 1.83. The minimum Gasteiger partial charge on any atom is -0.481 e. The number of hydrogen-bond donors (Lipinski definition) is 1. The number of fused-ring (bicyclic) bond motifs is 3. The molecule has 0 radical (unpaired) electrons. The van der Waals surface area contributed by atoms with E-state index in [1.54, 1.807) is 6.20 Å². The number of pyridine rings is 1. The first kappa shape index (κ1) is 19.9. The number of rotatable bonds is 5. The van der Waals surface area contributed by atoms with Crippen LogP contribution in [0.25, 0.3) is 10.9 Å². The molecule has 0 aliphatic carbocycles. The monoisotopic (exact) mass is 411 g/mol. The van der Waals surface area contributed by atoms with Gasteiger partial charge in [-0.25, -0.2) is 0 Å². The normalized spacial score (nSPS) is 15.8. The second-order valence-electron chi connectivity index (χ2n) is 8.03. The van der Waals surface area contributed by atoms with Crippen LogP contribution < -0.4 is 0 Å². The number of aryl methyl sites for hydroxylation is 1. The minimum atomic E-state index is -0.781. The van der Waals surface area contributed by atoms with Gasteiger partial charge in [0.05, 0.1) is 6.42 Å². The fraction of sp³-hybridized carbons (Fsp3) is 0.391. The Morgan fingerprint density at radius 2 is 2.07 bits per heavy atom. The largest absolute Gasteiger partial charge is 0.481 e. The molecule has 6 heteroatoms. The molecule has 1 N–H and O–H groups in total. The van der Waals surface area contributed by atoms with Gasteiger partial charge in [-0.1, -0.05) is 11.6 Å². The molecule has 0 saturated heterocycles. The summed E-state index contributed by atoms with van der Waals surface area (Å²) in [7, 11) is 2.15. The van der Waals surface area contributed by atoms with Crippen LogP contribution in [-0.4, -0.2) is 45.7 Å². The van der Waals surface area contributed by atoms with E-state index in [0.29, 0.717) is 6.54 Å². The van der Waals surface area contributed by atoms with Crippen LogP contribution in [0.2, 0.25) is 5.02 Å². The maximum atomic E-state index is 11.7. The number of halogens is 1. The van der Waals surface area contributed by atoms with Crippen LogP contribution in [-0.2, 0) is 24.2 Å². The first-order valence-corrected chi connectivity index (χ1v) is 10.4. The molecule has 1 aliphatic rings. The van der Waals surface area contributed by atoms with Gasteiger partial charge >= 0.3 is 5.97 Å². The maximum Gasteiger partial charge on any atom is 0.304 e. The number of carbonyl (C=O) groups is 1. The number of carboxylic acid groups (broad SMARTS) is 1. The molecule has 4 rings (SSSR count). The molecule has 1 aromatic carbocycles. The van der Waals surface area contributed by atoms with E-state index in [4.69, 9.17) is 11.6 Å². The van der Waals surface area contributed by atoms with E-state index < -0.39 is 5.97 Å². The fourth-order valence-electron chi connectivity index (χ4n) is 4.58. The third kappa shape index (κ3) is 4.02. The van der Waals surface area contributed by atoms with Crippen molar-refractivity contribution in [3.8, 4) is 0 Å². The summed E-state index contributed by atoms with van der Waals surface area (Å²) in [4.78, 5) is 18.2. The van der Waals surface area contributed by atoms with Crippen LogP contribution in [0.4, 0.5) is 0 Å². The highest BCUT2D eigenvalue weighted by Gasteiger charge is 2.25. The van der Waals surface area contributed by atoms with E-state index in [2.05, 4.69) is 33.6 Å². The van der Waals surface area contributed by atoms with Crippen molar-refractivity contribution >= 4 is 28.5 Å². The smallest absolute Gasteiger partial charge is 0.304 e. The lowest BCUT2D eigenvalue weighted by Gasteiger charge is -2.21. The molecule has 29 heavy (non-hydrogen) atoms. The lowest BCUT2D eigenvalue weighted by molar-refractivity contribution is -0.137. The summed E-state index contributed by atoms with van der Waals surface area (Å²) in [6.45, 7) is 4.64. The summed E-state index contributed by atoms with van der Waals surface area (Å²) >= 11 is 6.33. The van der Waals surface area contributed by atoms with E-state index in [0.717, 1.165) is 47.6 Å². The summed E-state index contributed by atoms with van der Waals surface area (Å²) < 4.78 is 2.34. The zero-order valence-corrected chi connectivity index (χ0v) is 17.6. The topological polar surface area (TPSA) is 58.4 Å². The molecule has 1 aliphatic heterocycles. The molecule has 152 valence electrons. The highest BCUT2D eigenvalue weighted by atomic mass is 35.5. The molecule has 2 aromatic heterocycles. The Morgan fingerprint density at radius 3 is 2.83 bits per heavy atom. The second-order valence-corrected chi connectivity index (χ2v) is 8.46. The molecule has 0 spiro atoms. The molecule has 1 unspecified atom stereocenters. The summed E-state index contributed by atoms with van der Waals surface area (Å²) in [6, 6.07) is 8.02. The van der Waals surface area contributed by atoms with E-state index in [1.165, 1.54) is 16.6 Å². The van der Waals surface area contributed by atoms with Gasteiger partial charge in [-0.05, 0) is 61.3 Å². The van der Waals surface area contributed by atoms with E-state index in [-0.39, 0.29) is 12.3 Å². The van der Waals surface area contributed by atoms with Gasteiger partial charge in [0.1, 0.15) is 0 Å². The van der Waals surface area contributed by atoms with Crippen LogP contribution in [0.3, 0.4) is 0 Å². The number of hydrogen-bond acceptors (Lipinski definition) is 3. The molecule has 0 fully saturated rings. The summed E-state index contributed by atoms with van der Waals surface area (Å²) in [5, 5.41) is 11.5. The van der Waals surface area contributed by atoms with Crippen molar-refractivity contribution < 1.29 is 9.90 Å². The van der Waals surface area contributed by atoms with Crippen molar-refractivity contribution in [2.45, 2.75) is 38.6 Å². The van der Waals surface area contributed by atoms with E-state index in [9.17, 15) is 9.90 Å². The van der Waals surface area contributed by atoms with Crippen molar-refractivity contribution in [3.63, 3.8) is 0 Å². The Morgan fingerprint density at radius 1 is 1.28 bits per heavy atom. The van der Waals surface area contributed by atoms with Gasteiger partial charge in [-0.2, -0.15) is 0 Å². The molecule has 0 amide bonds. The highest BCUT2D eigenvalue weighted by molar-refractivity contribution is 6.31. The number of likely N-dealkylation sites (N-methyl/N-ethyl adjacent to an activating group) is 1.